The molecule has 1 saturated heterocycles. The molecule has 1 aromatic heterocycles. The topological polar surface area (TPSA) is 85.4 Å². The standard InChI is InChI=1S/C25H29N3O3/c1-16-13-19(14-17(2)21(16)8-12-29)23(25(31)28-10-3-4-11-28)27-20-6-5-18-7-9-26-24(30)22(18)15-20/h5-7,9,13-15,23,27,29H,3-4,8,10-12H2,1-2H3,(H,26,30). The van der Waals surface area contributed by atoms with E-state index in [0.717, 1.165) is 59.3 Å². The molecule has 1 aliphatic rings. The van der Waals surface area contributed by atoms with Crippen LogP contribution in [-0.4, -0.2) is 40.6 Å². The first-order valence-electron chi connectivity index (χ1n) is 10.9. The van der Waals surface area contributed by atoms with Gasteiger partial charge in [-0.05, 0) is 78.9 Å². The van der Waals surface area contributed by atoms with Crippen molar-refractivity contribution in [1.82, 2.24) is 9.88 Å². The van der Waals surface area contributed by atoms with E-state index >= 15 is 0 Å². The normalized spacial score (nSPS) is 14.7. The summed E-state index contributed by atoms with van der Waals surface area (Å²) in [5.74, 6) is 0.0493. The molecule has 0 aliphatic carbocycles. The van der Waals surface area contributed by atoms with E-state index < -0.39 is 6.04 Å². The van der Waals surface area contributed by atoms with Gasteiger partial charge in [-0.25, -0.2) is 0 Å². The van der Waals surface area contributed by atoms with E-state index in [1.54, 1.807) is 12.3 Å². The first-order valence-corrected chi connectivity index (χ1v) is 10.9. The van der Waals surface area contributed by atoms with Crippen LogP contribution in [0.4, 0.5) is 5.69 Å². The minimum absolute atomic E-state index is 0.0493. The number of benzene rings is 2. The summed E-state index contributed by atoms with van der Waals surface area (Å²) in [7, 11) is 0. The lowest BCUT2D eigenvalue weighted by Crippen LogP contribution is -2.36. The van der Waals surface area contributed by atoms with E-state index in [1.165, 1.54) is 0 Å². The van der Waals surface area contributed by atoms with Crippen LogP contribution in [-0.2, 0) is 11.2 Å². The molecule has 0 bridgehead atoms. The number of aromatic amines is 1. The third-order valence-corrected chi connectivity index (χ3v) is 6.16. The number of likely N-dealkylation sites (tertiary alicyclic amines) is 1. The zero-order valence-electron chi connectivity index (χ0n) is 18.1. The van der Waals surface area contributed by atoms with E-state index in [-0.39, 0.29) is 18.1 Å². The number of fused-ring (bicyclic) bond motifs is 1. The number of amides is 1. The SMILES string of the molecule is Cc1cc(C(Nc2ccc3cc[nH]c(=O)c3c2)C(=O)N2CCCC2)cc(C)c1CCO. The lowest BCUT2D eigenvalue weighted by molar-refractivity contribution is -0.131. The van der Waals surface area contributed by atoms with Crippen molar-refractivity contribution < 1.29 is 9.90 Å². The molecule has 162 valence electrons. The number of aromatic nitrogens is 1. The Balaban J connectivity index is 1.74. The predicted molar refractivity (Wildman–Crippen MR) is 123 cm³/mol. The van der Waals surface area contributed by atoms with Crippen LogP contribution in [0.5, 0.6) is 0 Å². The molecule has 31 heavy (non-hydrogen) atoms. The third kappa shape index (κ3) is 4.35. The molecule has 0 radical (unpaired) electrons. The Morgan fingerprint density at radius 2 is 1.84 bits per heavy atom. The van der Waals surface area contributed by atoms with Gasteiger partial charge in [0.15, 0.2) is 0 Å². The van der Waals surface area contributed by atoms with Crippen LogP contribution in [0.2, 0.25) is 0 Å². The Morgan fingerprint density at radius 3 is 2.52 bits per heavy atom. The lowest BCUT2D eigenvalue weighted by atomic mass is 9.93. The molecule has 1 atom stereocenters. The number of rotatable bonds is 6. The highest BCUT2D eigenvalue weighted by Crippen LogP contribution is 2.28. The number of hydrogen-bond acceptors (Lipinski definition) is 4. The largest absolute Gasteiger partial charge is 0.396 e. The zero-order chi connectivity index (χ0) is 22.0. The average Bonchev–Trinajstić information content (AvgIpc) is 3.29. The van der Waals surface area contributed by atoms with E-state index in [4.69, 9.17) is 0 Å². The monoisotopic (exact) mass is 419 g/mol. The Hall–Kier alpha value is -3.12. The fourth-order valence-electron chi connectivity index (χ4n) is 4.55. The first-order chi connectivity index (χ1) is 15.0. The Kier molecular flexibility index (Phi) is 6.09. The summed E-state index contributed by atoms with van der Waals surface area (Å²) in [6, 6.07) is 11.0. The quantitative estimate of drug-likeness (QED) is 0.571. The Morgan fingerprint density at radius 1 is 1.13 bits per heavy atom. The number of H-pyrrole nitrogens is 1. The number of carbonyl (C=O) groups excluding carboxylic acids is 1. The second-order valence-corrected chi connectivity index (χ2v) is 8.33. The average molecular weight is 420 g/mol. The first kappa shape index (κ1) is 21.1. The van der Waals surface area contributed by atoms with Gasteiger partial charge < -0.3 is 20.3 Å². The van der Waals surface area contributed by atoms with E-state index in [0.29, 0.717) is 11.8 Å². The summed E-state index contributed by atoms with van der Waals surface area (Å²) in [4.78, 5) is 30.3. The van der Waals surface area contributed by atoms with Crippen LogP contribution in [0.15, 0.2) is 47.4 Å². The van der Waals surface area contributed by atoms with E-state index in [2.05, 4.69) is 10.3 Å². The second-order valence-electron chi connectivity index (χ2n) is 8.33. The van der Waals surface area contributed by atoms with Gasteiger partial charge in [-0.2, -0.15) is 0 Å². The Bertz CT molecular complexity index is 1140. The number of nitrogens with zero attached hydrogens (tertiary/aromatic N) is 1. The van der Waals surface area contributed by atoms with Crippen LogP contribution < -0.4 is 10.9 Å². The highest BCUT2D eigenvalue weighted by Gasteiger charge is 2.28. The molecule has 0 spiro atoms. The van der Waals surface area contributed by atoms with Crippen molar-refractivity contribution in [3.8, 4) is 0 Å². The van der Waals surface area contributed by atoms with Crippen molar-refractivity contribution >= 4 is 22.4 Å². The fraction of sp³-hybridized carbons (Fsp3) is 0.360. The number of pyridine rings is 1. The van der Waals surface area contributed by atoms with Gasteiger partial charge in [0.25, 0.3) is 5.56 Å². The molecule has 4 rings (SSSR count). The van der Waals surface area contributed by atoms with Crippen LogP contribution in [0, 0.1) is 13.8 Å². The highest BCUT2D eigenvalue weighted by atomic mass is 16.3. The second kappa shape index (κ2) is 8.94. The van der Waals surface area contributed by atoms with Gasteiger partial charge in [-0.15, -0.1) is 0 Å². The number of aryl methyl sites for hydroxylation is 2. The van der Waals surface area contributed by atoms with Gasteiger partial charge in [0, 0.05) is 37.0 Å². The minimum Gasteiger partial charge on any atom is -0.396 e. The summed E-state index contributed by atoms with van der Waals surface area (Å²) < 4.78 is 0. The molecule has 6 heteroatoms. The third-order valence-electron chi connectivity index (χ3n) is 6.16. The van der Waals surface area contributed by atoms with Crippen LogP contribution in [0.1, 0.15) is 41.1 Å². The number of anilines is 1. The summed E-state index contributed by atoms with van der Waals surface area (Å²) >= 11 is 0. The lowest BCUT2D eigenvalue weighted by Gasteiger charge is -2.26. The summed E-state index contributed by atoms with van der Waals surface area (Å²) in [6.07, 6.45) is 4.29. The predicted octanol–water partition coefficient (Wildman–Crippen LogP) is 3.46. The van der Waals surface area contributed by atoms with Crippen molar-refractivity contribution in [3.05, 3.63) is 75.2 Å². The smallest absolute Gasteiger partial charge is 0.255 e. The fourth-order valence-corrected chi connectivity index (χ4v) is 4.55. The van der Waals surface area contributed by atoms with Gasteiger partial charge in [0.1, 0.15) is 6.04 Å². The minimum atomic E-state index is -0.543. The summed E-state index contributed by atoms with van der Waals surface area (Å²) in [5, 5.41) is 14.2. The van der Waals surface area contributed by atoms with Crippen LogP contribution in [0.3, 0.4) is 0 Å². The molecular formula is C25H29N3O3. The molecule has 2 heterocycles. The molecule has 1 amide bonds. The van der Waals surface area contributed by atoms with Crippen molar-refractivity contribution in [3.63, 3.8) is 0 Å². The van der Waals surface area contributed by atoms with Crippen LogP contribution >= 0.6 is 0 Å². The maximum Gasteiger partial charge on any atom is 0.255 e. The number of aliphatic hydroxyl groups excluding tert-OH is 1. The number of aliphatic hydroxyl groups is 1. The van der Waals surface area contributed by atoms with Gasteiger partial charge in [-0.3, -0.25) is 9.59 Å². The molecule has 1 aliphatic heterocycles. The van der Waals surface area contributed by atoms with Gasteiger partial charge in [0.05, 0.1) is 0 Å². The molecule has 1 unspecified atom stereocenters. The molecule has 6 nitrogen and oxygen atoms in total. The van der Waals surface area contributed by atoms with Crippen molar-refractivity contribution in [1.29, 1.82) is 0 Å². The summed E-state index contributed by atoms with van der Waals surface area (Å²) in [5.41, 5.74) is 4.74. The maximum atomic E-state index is 13.5. The van der Waals surface area contributed by atoms with Crippen molar-refractivity contribution in [2.24, 2.45) is 0 Å². The van der Waals surface area contributed by atoms with Crippen molar-refractivity contribution in [2.75, 3.05) is 25.0 Å². The number of nitrogens with one attached hydrogen (secondary N) is 2. The number of hydrogen-bond donors (Lipinski definition) is 3. The van der Waals surface area contributed by atoms with Crippen molar-refractivity contribution in [2.45, 2.75) is 39.2 Å². The Labute approximate surface area is 181 Å². The number of carbonyl (C=O) groups is 1. The molecular weight excluding hydrogens is 390 g/mol. The van der Waals surface area contributed by atoms with Gasteiger partial charge in [0.2, 0.25) is 5.91 Å². The van der Waals surface area contributed by atoms with E-state index in [9.17, 15) is 14.7 Å². The molecule has 2 aromatic carbocycles. The molecule has 0 saturated carbocycles. The zero-order valence-corrected chi connectivity index (χ0v) is 18.1. The molecule has 3 aromatic rings. The van der Waals surface area contributed by atoms with Crippen LogP contribution in [0.25, 0.3) is 10.8 Å². The molecule has 1 fully saturated rings. The maximum absolute atomic E-state index is 13.5. The van der Waals surface area contributed by atoms with E-state index in [1.807, 2.05) is 49.1 Å². The van der Waals surface area contributed by atoms with Gasteiger partial charge in [-0.1, -0.05) is 18.2 Å². The molecule has 3 N–H and O–H groups in total. The highest BCUT2D eigenvalue weighted by molar-refractivity contribution is 5.89. The van der Waals surface area contributed by atoms with Gasteiger partial charge >= 0.3 is 0 Å². The summed E-state index contributed by atoms with van der Waals surface area (Å²) in [6.45, 7) is 5.69.